The first kappa shape index (κ1) is 23.7. The Bertz CT molecular complexity index is 293. The quantitative estimate of drug-likeness (QED) is 0.144. The van der Waals surface area contributed by atoms with Crippen molar-refractivity contribution in [3.63, 3.8) is 0 Å². The van der Waals surface area contributed by atoms with Crippen LogP contribution in [0.15, 0.2) is 0 Å². The summed E-state index contributed by atoms with van der Waals surface area (Å²) in [6.07, 6.45) is 15.1. The molecule has 0 unspecified atom stereocenters. The number of hydrogen-bond acceptors (Lipinski definition) is 4. The van der Waals surface area contributed by atoms with Crippen molar-refractivity contribution >= 4 is 35.9 Å². The van der Waals surface area contributed by atoms with Crippen LogP contribution < -0.4 is 0 Å². The average Bonchev–Trinajstić information content (AvgIpc) is 2.54. The molecule has 0 aromatic rings. The molecule has 0 spiro atoms. The van der Waals surface area contributed by atoms with E-state index in [1.165, 1.54) is 44.9 Å². The van der Waals surface area contributed by atoms with Gasteiger partial charge in [0.05, 0.1) is 13.2 Å². The molecule has 0 rings (SSSR count). The molecule has 0 fully saturated rings. The van der Waals surface area contributed by atoms with Crippen LogP contribution in [0.1, 0.15) is 90.9 Å². The van der Waals surface area contributed by atoms with Crippen LogP contribution >= 0.6 is 18.7 Å². The van der Waals surface area contributed by atoms with Gasteiger partial charge in [0.2, 0.25) is 0 Å². The lowest BCUT2D eigenvalue weighted by Crippen LogP contribution is -2.03. The van der Waals surface area contributed by atoms with E-state index >= 15 is 0 Å². The van der Waals surface area contributed by atoms with Crippen LogP contribution in [0.3, 0.4) is 0 Å². The highest BCUT2D eigenvalue weighted by molar-refractivity contribution is 8.09. The Kier molecular flexibility index (Phi) is 18.0. The zero-order valence-electron chi connectivity index (χ0n) is 15.3. The van der Waals surface area contributed by atoms with Crippen molar-refractivity contribution < 1.29 is 9.05 Å². The van der Waals surface area contributed by atoms with Crippen molar-refractivity contribution in [2.75, 3.05) is 19.4 Å². The predicted molar refractivity (Wildman–Crippen MR) is 111 cm³/mol. The Morgan fingerprint density at radius 3 is 1.74 bits per heavy atom. The minimum absolute atomic E-state index is 0.770. The van der Waals surface area contributed by atoms with E-state index < -0.39 is 6.49 Å². The zero-order chi connectivity index (χ0) is 17.2. The largest absolute Gasteiger partial charge is 0.329 e. The lowest BCUT2D eigenvalue weighted by Gasteiger charge is -2.22. The van der Waals surface area contributed by atoms with Crippen molar-refractivity contribution in [3.05, 3.63) is 0 Å². The van der Waals surface area contributed by atoms with E-state index in [4.69, 9.17) is 33.1 Å². The highest BCUT2D eigenvalue weighted by Gasteiger charge is 2.18. The van der Waals surface area contributed by atoms with Crippen molar-refractivity contribution in [2.45, 2.75) is 90.9 Å². The van der Waals surface area contributed by atoms with Gasteiger partial charge in [0.1, 0.15) is 0 Å². The van der Waals surface area contributed by atoms with E-state index in [-0.39, 0.29) is 0 Å². The van der Waals surface area contributed by atoms with E-state index in [0.717, 1.165) is 51.5 Å². The van der Waals surface area contributed by atoms with Gasteiger partial charge in [-0.3, -0.25) is 0 Å². The van der Waals surface area contributed by atoms with Gasteiger partial charge in [-0.25, -0.2) is 0 Å². The molecule has 23 heavy (non-hydrogen) atoms. The zero-order valence-corrected chi connectivity index (χ0v) is 17.8. The van der Waals surface area contributed by atoms with Gasteiger partial charge in [-0.1, -0.05) is 71.0 Å². The van der Waals surface area contributed by atoms with Gasteiger partial charge < -0.3 is 9.05 Å². The van der Waals surface area contributed by atoms with Gasteiger partial charge in [0.15, 0.2) is 6.49 Å². The molecule has 0 amide bonds. The van der Waals surface area contributed by atoms with E-state index in [1.807, 2.05) is 5.37 Å². The molecule has 0 aromatic heterocycles. The summed E-state index contributed by atoms with van der Waals surface area (Å²) in [5, 5.41) is 1.82. The second kappa shape index (κ2) is 17.5. The third-order valence-electron chi connectivity index (χ3n) is 3.83. The second-order valence-corrected chi connectivity index (χ2v) is 10.3. The first-order chi connectivity index (χ1) is 11.2. The molecule has 0 aromatic carbocycles. The molecule has 0 bridgehead atoms. The highest BCUT2D eigenvalue weighted by Crippen LogP contribution is 2.49. The molecule has 0 radical (unpaired) electrons. The van der Waals surface area contributed by atoms with E-state index in [2.05, 4.69) is 13.8 Å². The summed E-state index contributed by atoms with van der Waals surface area (Å²) in [6, 6.07) is 0. The van der Waals surface area contributed by atoms with Gasteiger partial charge in [-0.2, -0.15) is 0 Å². The summed E-state index contributed by atoms with van der Waals surface area (Å²) in [4.78, 5) is 0. The Labute approximate surface area is 155 Å². The molecule has 0 saturated heterocycles. The molecule has 0 heterocycles. The van der Waals surface area contributed by atoms with Gasteiger partial charge >= 0.3 is 0 Å². The van der Waals surface area contributed by atoms with Crippen molar-refractivity contribution in [1.82, 2.24) is 0 Å². The smallest absolute Gasteiger partial charge is 0.188 e. The Morgan fingerprint density at radius 1 is 0.739 bits per heavy atom. The van der Waals surface area contributed by atoms with E-state index in [9.17, 15) is 0 Å². The predicted octanol–water partition coefficient (Wildman–Crippen LogP) is 7.05. The Morgan fingerprint density at radius 2 is 1.26 bits per heavy atom. The number of hydrogen-bond donors (Lipinski definition) is 0. The molecule has 0 saturated carbocycles. The maximum absolute atomic E-state index is 6.06. The van der Waals surface area contributed by atoms with Crippen LogP contribution in [0.25, 0.3) is 0 Å². The molecule has 138 valence electrons. The van der Waals surface area contributed by atoms with E-state index in [1.54, 1.807) is 0 Å². The standard InChI is InChI=1S/C18H37O2PS2/c1-3-5-7-11-15-19-21(23,17-13-9-10-14-18-22)20-16-12-8-6-4-2/h18H,3-17H2,1-2H3. The fourth-order valence-electron chi connectivity index (χ4n) is 2.34. The third-order valence-corrected chi connectivity index (χ3v) is 7.26. The summed E-state index contributed by atoms with van der Waals surface area (Å²) >= 11 is 10.6. The lowest BCUT2D eigenvalue weighted by atomic mass is 10.2. The SMILES string of the molecule is CCCCCCOP(=S)(CCCCCC=S)OCCCCCC. The summed E-state index contributed by atoms with van der Waals surface area (Å²) in [5.74, 6) is 0. The molecule has 0 atom stereocenters. The minimum atomic E-state index is -2.07. The second-order valence-electron chi connectivity index (χ2n) is 6.14. The fourth-order valence-corrected chi connectivity index (χ4v) is 5.10. The topological polar surface area (TPSA) is 18.5 Å². The van der Waals surface area contributed by atoms with Crippen LogP contribution in [-0.4, -0.2) is 24.7 Å². The third kappa shape index (κ3) is 15.9. The molecule has 2 nitrogen and oxygen atoms in total. The molecular formula is C18H37O2PS2. The average molecular weight is 381 g/mol. The molecule has 5 heteroatoms. The van der Waals surface area contributed by atoms with Gasteiger partial charge in [0.25, 0.3) is 0 Å². The van der Waals surface area contributed by atoms with Crippen LogP contribution in [0.4, 0.5) is 0 Å². The number of unbranched alkanes of at least 4 members (excludes halogenated alkanes) is 9. The van der Waals surface area contributed by atoms with Crippen molar-refractivity contribution in [1.29, 1.82) is 0 Å². The van der Waals surface area contributed by atoms with Crippen LogP contribution in [0, 0.1) is 0 Å². The normalized spacial score (nSPS) is 11.7. The molecule has 0 aliphatic carbocycles. The lowest BCUT2D eigenvalue weighted by molar-refractivity contribution is 0.237. The molecule has 0 aliphatic rings. The van der Waals surface area contributed by atoms with Crippen LogP contribution in [0.5, 0.6) is 0 Å². The number of thiocarbonyl (C=S) groups is 1. The summed E-state index contributed by atoms with van der Waals surface area (Å²) in [5.41, 5.74) is 0. The Hall–Kier alpha value is 0.660. The Balaban J connectivity index is 4.06. The van der Waals surface area contributed by atoms with Gasteiger partial charge in [-0.05, 0) is 49.3 Å². The first-order valence-electron chi connectivity index (χ1n) is 9.50. The van der Waals surface area contributed by atoms with Gasteiger partial charge in [0, 0.05) is 6.16 Å². The number of rotatable bonds is 18. The summed E-state index contributed by atoms with van der Waals surface area (Å²) in [6.45, 7) is 3.93. The highest BCUT2D eigenvalue weighted by atomic mass is 32.5. The molecular weight excluding hydrogens is 343 g/mol. The van der Waals surface area contributed by atoms with Crippen LogP contribution in [-0.2, 0) is 20.9 Å². The van der Waals surface area contributed by atoms with Crippen LogP contribution in [0.2, 0.25) is 0 Å². The molecule has 0 N–H and O–H groups in total. The van der Waals surface area contributed by atoms with Crippen molar-refractivity contribution in [2.24, 2.45) is 0 Å². The van der Waals surface area contributed by atoms with Gasteiger partial charge in [-0.15, -0.1) is 0 Å². The maximum atomic E-state index is 6.06. The molecule has 0 aliphatic heterocycles. The summed E-state index contributed by atoms with van der Waals surface area (Å²) in [7, 11) is 0. The first-order valence-corrected chi connectivity index (χ1v) is 12.8. The fraction of sp³-hybridized carbons (Fsp3) is 0.944. The van der Waals surface area contributed by atoms with E-state index in [0.29, 0.717) is 0 Å². The summed E-state index contributed by atoms with van der Waals surface area (Å²) < 4.78 is 12.1. The monoisotopic (exact) mass is 380 g/mol. The van der Waals surface area contributed by atoms with Crippen molar-refractivity contribution in [3.8, 4) is 0 Å². The minimum Gasteiger partial charge on any atom is -0.329 e. The maximum Gasteiger partial charge on any atom is 0.188 e.